The number of benzene rings is 1. The Balaban J connectivity index is 1.42. The van der Waals surface area contributed by atoms with Crippen molar-refractivity contribution in [3.8, 4) is 11.5 Å². The molecular weight excluding hydrogens is 382 g/mol. The van der Waals surface area contributed by atoms with Gasteiger partial charge in [0, 0.05) is 38.0 Å². The van der Waals surface area contributed by atoms with Gasteiger partial charge in [0.15, 0.2) is 11.5 Å². The first-order chi connectivity index (χ1) is 13.4. The number of carboxylic acid groups (broad SMARTS) is 1. The van der Waals surface area contributed by atoms with Crippen LogP contribution in [0.3, 0.4) is 0 Å². The summed E-state index contributed by atoms with van der Waals surface area (Å²) >= 11 is 6.30. The highest BCUT2D eigenvalue weighted by molar-refractivity contribution is 6.32. The van der Waals surface area contributed by atoms with E-state index in [0.29, 0.717) is 28.0 Å². The van der Waals surface area contributed by atoms with Crippen molar-refractivity contribution in [2.24, 2.45) is 11.8 Å². The van der Waals surface area contributed by atoms with Crippen LogP contribution in [0.25, 0.3) is 0 Å². The molecule has 1 aliphatic carbocycles. The average Bonchev–Trinajstić information content (AvgIpc) is 3.06. The van der Waals surface area contributed by atoms with E-state index in [1.54, 1.807) is 6.92 Å². The van der Waals surface area contributed by atoms with Gasteiger partial charge in [-0.1, -0.05) is 11.6 Å². The van der Waals surface area contributed by atoms with E-state index in [0.717, 1.165) is 58.5 Å². The maximum Gasteiger partial charge on any atom is 0.336 e. The van der Waals surface area contributed by atoms with Gasteiger partial charge in [-0.25, -0.2) is 4.79 Å². The molecule has 0 spiro atoms. The second-order valence-corrected chi connectivity index (χ2v) is 8.75. The van der Waals surface area contributed by atoms with Crippen molar-refractivity contribution in [2.45, 2.75) is 45.3 Å². The first kappa shape index (κ1) is 19.8. The van der Waals surface area contributed by atoms with Crippen LogP contribution in [0, 0.1) is 18.8 Å². The van der Waals surface area contributed by atoms with E-state index in [1.807, 2.05) is 6.92 Å². The topological polar surface area (TPSA) is 68.2 Å². The SMILES string of the molecule is Cc1c(C(=O)O)cc(Cl)c2c1OC(C)(C1CCC(CN3CCOCC3)CC1)O2. The van der Waals surface area contributed by atoms with Gasteiger partial charge in [-0.05, 0) is 44.6 Å². The third-order valence-electron chi connectivity index (χ3n) is 6.49. The summed E-state index contributed by atoms with van der Waals surface area (Å²) in [5.41, 5.74) is 0.724. The van der Waals surface area contributed by atoms with Crippen molar-refractivity contribution < 1.29 is 24.1 Å². The summed E-state index contributed by atoms with van der Waals surface area (Å²) in [5, 5.41) is 9.69. The van der Waals surface area contributed by atoms with Gasteiger partial charge in [-0.15, -0.1) is 0 Å². The van der Waals surface area contributed by atoms with Crippen LogP contribution in [0.4, 0.5) is 0 Å². The molecule has 1 unspecified atom stereocenters. The van der Waals surface area contributed by atoms with E-state index in [2.05, 4.69) is 4.90 Å². The van der Waals surface area contributed by atoms with E-state index >= 15 is 0 Å². The molecule has 1 N–H and O–H groups in total. The summed E-state index contributed by atoms with van der Waals surface area (Å²) in [6.45, 7) is 8.58. The minimum absolute atomic E-state index is 0.158. The summed E-state index contributed by atoms with van der Waals surface area (Å²) in [6.07, 6.45) is 4.35. The Morgan fingerprint density at radius 1 is 1.21 bits per heavy atom. The van der Waals surface area contributed by atoms with Crippen LogP contribution in [0.1, 0.15) is 48.5 Å². The number of nitrogens with zero attached hydrogens (tertiary/aromatic N) is 1. The van der Waals surface area contributed by atoms with Crippen LogP contribution in [0.15, 0.2) is 6.07 Å². The van der Waals surface area contributed by atoms with Crippen molar-refractivity contribution >= 4 is 17.6 Å². The van der Waals surface area contributed by atoms with E-state index < -0.39 is 11.8 Å². The maximum atomic E-state index is 11.5. The van der Waals surface area contributed by atoms with Crippen molar-refractivity contribution in [1.29, 1.82) is 0 Å². The minimum Gasteiger partial charge on any atom is -0.478 e. The number of carboxylic acids is 1. The third kappa shape index (κ3) is 3.70. The van der Waals surface area contributed by atoms with Crippen molar-refractivity contribution in [3.63, 3.8) is 0 Å². The fourth-order valence-corrected chi connectivity index (χ4v) is 4.99. The lowest BCUT2D eigenvalue weighted by Crippen LogP contribution is -2.46. The van der Waals surface area contributed by atoms with Gasteiger partial charge in [0.1, 0.15) is 0 Å². The number of aromatic carboxylic acids is 1. The lowest BCUT2D eigenvalue weighted by molar-refractivity contribution is -0.123. The van der Waals surface area contributed by atoms with Crippen molar-refractivity contribution in [1.82, 2.24) is 4.90 Å². The number of fused-ring (bicyclic) bond motifs is 1. The molecule has 1 aromatic rings. The molecule has 4 rings (SSSR count). The van der Waals surface area contributed by atoms with Crippen LogP contribution in [0.2, 0.25) is 5.02 Å². The molecule has 1 aromatic carbocycles. The second-order valence-electron chi connectivity index (χ2n) is 8.35. The highest BCUT2D eigenvalue weighted by atomic mass is 35.5. The van der Waals surface area contributed by atoms with Crippen LogP contribution in [0.5, 0.6) is 11.5 Å². The molecular formula is C21H28ClNO5. The molecule has 6 nitrogen and oxygen atoms in total. The first-order valence-electron chi connectivity index (χ1n) is 10.1. The lowest BCUT2D eigenvalue weighted by Gasteiger charge is -2.39. The quantitative estimate of drug-likeness (QED) is 0.811. The number of hydrogen-bond acceptors (Lipinski definition) is 5. The van der Waals surface area contributed by atoms with Crippen LogP contribution in [-0.2, 0) is 4.74 Å². The van der Waals surface area contributed by atoms with Crippen molar-refractivity contribution in [2.75, 3.05) is 32.8 Å². The Labute approximate surface area is 170 Å². The molecule has 2 heterocycles. The number of ether oxygens (including phenoxy) is 3. The van der Waals surface area contributed by atoms with Gasteiger partial charge < -0.3 is 19.3 Å². The molecule has 2 fully saturated rings. The molecule has 1 saturated carbocycles. The Bertz CT molecular complexity index is 756. The number of hydrogen-bond donors (Lipinski definition) is 1. The zero-order chi connectivity index (χ0) is 19.9. The second kappa shape index (κ2) is 7.73. The third-order valence-corrected chi connectivity index (χ3v) is 6.77. The normalized spacial score (nSPS) is 30.4. The van der Waals surface area contributed by atoms with Crippen LogP contribution >= 0.6 is 11.6 Å². The molecule has 0 amide bonds. The smallest absolute Gasteiger partial charge is 0.336 e. The maximum absolute atomic E-state index is 11.5. The molecule has 0 radical (unpaired) electrons. The number of rotatable bonds is 4. The molecule has 0 bridgehead atoms. The monoisotopic (exact) mass is 409 g/mol. The van der Waals surface area contributed by atoms with Gasteiger partial charge in [-0.3, -0.25) is 4.90 Å². The zero-order valence-electron chi connectivity index (χ0n) is 16.5. The Morgan fingerprint density at radius 3 is 2.50 bits per heavy atom. The largest absolute Gasteiger partial charge is 0.478 e. The van der Waals surface area contributed by atoms with E-state index in [9.17, 15) is 9.90 Å². The number of carbonyl (C=O) groups is 1. The fraction of sp³-hybridized carbons (Fsp3) is 0.667. The number of halogens is 1. The van der Waals surface area contributed by atoms with E-state index in [-0.39, 0.29) is 11.5 Å². The fourth-order valence-electron chi connectivity index (χ4n) is 4.75. The summed E-state index contributed by atoms with van der Waals surface area (Å²) < 4.78 is 17.9. The van der Waals surface area contributed by atoms with Gasteiger partial charge in [-0.2, -0.15) is 0 Å². The standard InChI is InChI=1S/C21H28ClNO5/c1-13-16(20(24)25)11-17(22)19-18(13)27-21(2,28-19)15-5-3-14(4-6-15)12-23-7-9-26-10-8-23/h11,14-15H,3-10,12H2,1-2H3,(H,24,25). The summed E-state index contributed by atoms with van der Waals surface area (Å²) in [4.78, 5) is 14.0. The summed E-state index contributed by atoms with van der Waals surface area (Å²) in [7, 11) is 0. The Kier molecular flexibility index (Phi) is 5.47. The van der Waals surface area contributed by atoms with Gasteiger partial charge in [0.05, 0.1) is 23.8 Å². The molecule has 7 heteroatoms. The predicted molar refractivity (Wildman–Crippen MR) is 106 cm³/mol. The molecule has 154 valence electrons. The van der Waals surface area contributed by atoms with Gasteiger partial charge in [0.2, 0.25) is 0 Å². The lowest BCUT2D eigenvalue weighted by atomic mass is 9.78. The summed E-state index contributed by atoms with van der Waals surface area (Å²) in [5.74, 6) is 0.0980. The molecule has 28 heavy (non-hydrogen) atoms. The highest BCUT2D eigenvalue weighted by Crippen LogP contribution is 2.51. The number of morpholine rings is 1. The predicted octanol–water partition coefficient (Wildman–Crippen LogP) is 3.97. The van der Waals surface area contributed by atoms with Crippen molar-refractivity contribution in [3.05, 3.63) is 22.2 Å². The van der Waals surface area contributed by atoms with Crippen LogP contribution in [-0.4, -0.2) is 54.6 Å². The minimum atomic E-state index is -1.01. The van der Waals surface area contributed by atoms with Gasteiger partial charge in [0.25, 0.3) is 5.79 Å². The summed E-state index contributed by atoms with van der Waals surface area (Å²) in [6, 6.07) is 1.45. The average molecular weight is 410 g/mol. The molecule has 0 aromatic heterocycles. The van der Waals surface area contributed by atoms with Crippen LogP contribution < -0.4 is 9.47 Å². The van der Waals surface area contributed by atoms with E-state index in [4.69, 9.17) is 25.8 Å². The molecule has 1 saturated heterocycles. The first-order valence-corrected chi connectivity index (χ1v) is 10.5. The van der Waals surface area contributed by atoms with E-state index in [1.165, 1.54) is 6.07 Å². The van der Waals surface area contributed by atoms with Gasteiger partial charge >= 0.3 is 5.97 Å². The Hall–Kier alpha value is -1.50. The highest BCUT2D eigenvalue weighted by Gasteiger charge is 2.47. The molecule has 2 aliphatic heterocycles. The molecule has 3 aliphatic rings. The molecule has 1 atom stereocenters. The Morgan fingerprint density at radius 2 is 1.86 bits per heavy atom. The zero-order valence-corrected chi connectivity index (χ0v) is 17.3.